The summed E-state index contributed by atoms with van der Waals surface area (Å²) in [7, 11) is 0.597. The number of nitrogens with zero attached hydrogens (tertiary/aromatic N) is 2. The molecule has 1 amide bonds. The number of hydrogen-bond donors (Lipinski definition) is 2. The molecule has 2 N–H and O–H groups in total. The van der Waals surface area contributed by atoms with Gasteiger partial charge in [-0.1, -0.05) is 30.3 Å². The molecule has 0 fully saturated rings. The number of hydrogen-bond acceptors (Lipinski definition) is 4. The smallest absolute Gasteiger partial charge is 0.330 e. The molecule has 0 saturated carbocycles. The number of aromatic nitrogens is 1. The van der Waals surface area contributed by atoms with Gasteiger partial charge in [-0.25, -0.2) is 17.5 Å². The topological polar surface area (TPSA) is 109 Å². The highest BCUT2D eigenvalue weighted by Crippen LogP contribution is 2.18. The van der Waals surface area contributed by atoms with Crippen molar-refractivity contribution in [3.05, 3.63) is 53.9 Å². The quantitative estimate of drug-likeness (QED) is 0.788. The number of carbonyl (C=O) groups is 2. The number of carbonyl (C=O) groups excluding carboxylic acids is 1. The molecular weight excluding hydrogens is 346 g/mol. The molecule has 0 saturated heterocycles. The molecule has 134 valence electrons. The maximum Gasteiger partial charge on any atom is 0.330 e. The van der Waals surface area contributed by atoms with Crippen molar-refractivity contribution in [2.75, 3.05) is 14.1 Å². The van der Waals surface area contributed by atoms with E-state index < -0.39 is 27.9 Å². The molecule has 0 aliphatic carbocycles. The largest absolute Gasteiger partial charge is 0.479 e. The molecule has 2 rings (SSSR count). The van der Waals surface area contributed by atoms with E-state index in [4.69, 9.17) is 0 Å². The van der Waals surface area contributed by atoms with Gasteiger partial charge in [-0.2, -0.15) is 0 Å². The van der Waals surface area contributed by atoms with Crippen molar-refractivity contribution in [3.8, 4) is 0 Å². The van der Waals surface area contributed by atoms with Gasteiger partial charge < -0.3 is 15.0 Å². The van der Waals surface area contributed by atoms with E-state index in [-0.39, 0.29) is 10.6 Å². The van der Waals surface area contributed by atoms with Crippen molar-refractivity contribution < 1.29 is 23.1 Å². The predicted molar refractivity (Wildman–Crippen MR) is 90.6 cm³/mol. The molecule has 0 bridgehead atoms. The molecule has 1 atom stereocenters. The third-order valence-corrected chi connectivity index (χ3v) is 5.43. The first-order valence-electron chi connectivity index (χ1n) is 7.32. The normalized spacial score (nSPS) is 12.8. The fourth-order valence-corrected chi connectivity index (χ4v) is 3.22. The maximum atomic E-state index is 12.5. The van der Waals surface area contributed by atoms with Gasteiger partial charge in [0.05, 0.1) is 0 Å². The Kier molecular flexibility index (Phi) is 5.29. The zero-order valence-electron chi connectivity index (χ0n) is 14.0. The van der Waals surface area contributed by atoms with Crippen molar-refractivity contribution in [2.24, 2.45) is 7.05 Å². The second-order valence-electron chi connectivity index (χ2n) is 5.61. The Labute approximate surface area is 145 Å². The monoisotopic (exact) mass is 365 g/mol. The second kappa shape index (κ2) is 7.08. The molecule has 0 radical (unpaired) electrons. The van der Waals surface area contributed by atoms with Gasteiger partial charge in [0.25, 0.3) is 5.91 Å². The van der Waals surface area contributed by atoms with Crippen LogP contribution < -0.4 is 5.32 Å². The molecule has 25 heavy (non-hydrogen) atoms. The maximum absolute atomic E-state index is 12.5. The van der Waals surface area contributed by atoms with Gasteiger partial charge in [-0.05, 0) is 11.6 Å². The Balaban J connectivity index is 2.32. The number of carboxylic acid groups (broad SMARTS) is 1. The Bertz CT molecular complexity index is 888. The van der Waals surface area contributed by atoms with Gasteiger partial charge in [0.15, 0.2) is 6.04 Å². The Morgan fingerprint density at radius 3 is 2.32 bits per heavy atom. The van der Waals surface area contributed by atoms with Crippen molar-refractivity contribution >= 4 is 21.9 Å². The van der Waals surface area contributed by atoms with Crippen LogP contribution in [0, 0.1) is 0 Å². The van der Waals surface area contributed by atoms with Crippen molar-refractivity contribution in [1.82, 2.24) is 14.2 Å². The second-order valence-corrected chi connectivity index (χ2v) is 7.77. The third kappa shape index (κ3) is 3.89. The standard InChI is InChI=1S/C16H19N3O5S/c1-18(2)25(23,24)12-9-13(19(3)10-12)15(20)17-14(16(21)22)11-7-5-4-6-8-11/h4-10,14H,1-3H3,(H,17,20)(H,21,22)/t14-/m0/s1. The van der Waals surface area contributed by atoms with Crippen molar-refractivity contribution in [1.29, 1.82) is 0 Å². The molecule has 0 aliphatic heterocycles. The molecular formula is C16H19N3O5S. The molecule has 9 heteroatoms. The van der Waals surface area contributed by atoms with Crippen LogP contribution in [-0.4, -0.2) is 48.4 Å². The SMILES string of the molecule is CN(C)S(=O)(=O)c1cc(C(=O)N[C@H](C(=O)O)c2ccccc2)n(C)c1. The highest BCUT2D eigenvalue weighted by atomic mass is 32.2. The molecule has 2 aromatic rings. The van der Waals surface area contributed by atoms with E-state index in [1.54, 1.807) is 30.3 Å². The zero-order valence-corrected chi connectivity index (χ0v) is 14.8. The first-order chi connectivity index (χ1) is 11.6. The van der Waals surface area contributed by atoms with Crippen LogP contribution >= 0.6 is 0 Å². The first kappa shape index (κ1) is 18.7. The highest BCUT2D eigenvalue weighted by molar-refractivity contribution is 7.89. The van der Waals surface area contributed by atoms with Crippen LogP contribution in [0.2, 0.25) is 0 Å². The number of benzene rings is 1. The lowest BCUT2D eigenvalue weighted by molar-refractivity contribution is -0.139. The molecule has 1 heterocycles. The summed E-state index contributed by atoms with van der Waals surface area (Å²) >= 11 is 0. The average molecular weight is 365 g/mol. The van der Waals surface area contributed by atoms with Crippen LogP contribution in [0.15, 0.2) is 47.5 Å². The summed E-state index contributed by atoms with van der Waals surface area (Å²) in [6.07, 6.45) is 1.31. The number of nitrogens with one attached hydrogen (secondary N) is 1. The van der Waals surface area contributed by atoms with Crippen LogP contribution in [0.1, 0.15) is 22.1 Å². The number of carboxylic acids is 1. The predicted octanol–water partition coefficient (Wildman–Crippen LogP) is 0.831. The molecule has 8 nitrogen and oxygen atoms in total. The molecule has 1 aromatic carbocycles. The van der Waals surface area contributed by atoms with Gasteiger partial charge in [0, 0.05) is 27.3 Å². The van der Waals surface area contributed by atoms with Crippen molar-refractivity contribution in [2.45, 2.75) is 10.9 Å². The summed E-state index contributed by atoms with van der Waals surface area (Å²) in [6.45, 7) is 0. The Morgan fingerprint density at radius 2 is 1.80 bits per heavy atom. The van der Waals surface area contributed by atoms with E-state index >= 15 is 0 Å². The van der Waals surface area contributed by atoms with Gasteiger partial charge in [-0.3, -0.25) is 4.79 Å². The Morgan fingerprint density at radius 1 is 1.20 bits per heavy atom. The molecule has 0 unspecified atom stereocenters. The van der Waals surface area contributed by atoms with Gasteiger partial charge in [0.1, 0.15) is 10.6 Å². The van der Waals surface area contributed by atoms with E-state index in [9.17, 15) is 23.1 Å². The summed E-state index contributed by atoms with van der Waals surface area (Å²) in [5, 5.41) is 11.8. The highest BCUT2D eigenvalue weighted by Gasteiger charge is 2.26. The number of sulfonamides is 1. The number of amides is 1. The van der Waals surface area contributed by atoms with Gasteiger partial charge in [-0.15, -0.1) is 0 Å². The first-order valence-corrected chi connectivity index (χ1v) is 8.76. The summed E-state index contributed by atoms with van der Waals surface area (Å²) in [4.78, 5) is 23.9. The summed E-state index contributed by atoms with van der Waals surface area (Å²) < 4.78 is 26.7. The summed E-state index contributed by atoms with van der Waals surface area (Å²) in [5.41, 5.74) is 0.460. The minimum atomic E-state index is -3.69. The minimum Gasteiger partial charge on any atom is -0.479 e. The van der Waals surface area contributed by atoms with E-state index in [1.807, 2.05) is 0 Å². The van der Waals surface area contributed by atoms with Crippen LogP contribution in [0.25, 0.3) is 0 Å². The molecule has 0 spiro atoms. The zero-order chi connectivity index (χ0) is 18.8. The number of aryl methyl sites for hydroxylation is 1. The summed E-state index contributed by atoms with van der Waals surface area (Å²) in [6, 6.07) is 8.23. The Hall–Kier alpha value is -2.65. The van der Waals surface area contributed by atoms with E-state index in [1.165, 1.54) is 38.0 Å². The van der Waals surface area contributed by atoms with E-state index in [0.29, 0.717) is 5.56 Å². The van der Waals surface area contributed by atoms with Crippen LogP contribution in [-0.2, 0) is 21.9 Å². The minimum absolute atomic E-state index is 0.0441. The fraction of sp³-hybridized carbons (Fsp3) is 0.250. The molecule has 0 aliphatic rings. The third-order valence-electron chi connectivity index (χ3n) is 3.65. The lowest BCUT2D eigenvalue weighted by Gasteiger charge is -2.15. The van der Waals surface area contributed by atoms with Gasteiger partial charge in [0.2, 0.25) is 10.0 Å². The lowest BCUT2D eigenvalue weighted by Crippen LogP contribution is -2.34. The number of aliphatic carboxylic acids is 1. The van der Waals surface area contributed by atoms with Crippen LogP contribution in [0.4, 0.5) is 0 Å². The average Bonchev–Trinajstić information content (AvgIpc) is 2.95. The van der Waals surface area contributed by atoms with Crippen LogP contribution in [0.3, 0.4) is 0 Å². The van der Waals surface area contributed by atoms with E-state index in [2.05, 4.69) is 5.32 Å². The fourth-order valence-electron chi connectivity index (χ4n) is 2.25. The lowest BCUT2D eigenvalue weighted by atomic mass is 10.1. The number of rotatable bonds is 6. The van der Waals surface area contributed by atoms with Crippen LogP contribution in [0.5, 0.6) is 0 Å². The van der Waals surface area contributed by atoms with Gasteiger partial charge >= 0.3 is 5.97 Å². The molecule has 1 aromatic heterocycles. The summed E-state index contributed by atoms with van der Waals surface area (Å²) in [5.74, 6) is -1.89. The van der Waals surface area contributed by atoms with Crippen molar-refractivity contribution in [3.63, 3.8) is 0 Å². The van der Waals surface area contributed by atoms with E-state index in [0.717, 1.165) is 4.31 Å².